The third-order valence-corrected chi connectivity index (χ3v) is 2.54. The Kier molecular flexibility index (Phi) is 2.73. The van der Waals surface area contributed by atoms with Crippen molar-refractivity contribution in [3.63, 3.8) is 0 Å². The molecule has 0 spiro atoms. The van der Waals surface area contributed by atoms with Crippen LogP contribution < -0.4 is 0 Å². The molecule has 0 fully saturated rings. The van der Waals surface area contributed by atoms with Gasteiger partial charge in [0.05, 0.1) is 5.52 Å². The smallest absolute Gasteiger partial charge is 0.0926 e. The number of aliphatic hydroxyl groups is 1. The van der Waals surface area contributed by atoms with Crippen LogP contribution in [-0.4, -0.2) is 21.5 Å². The van der Waals surface area contributed by atoms with Crippen molar-refractivity contribution in [3.8, 4) is 0 Å². The Labute approximate surface area is 89.3 Å². The molecule has 0 atom stereocenters. The van der Waals surface area contributed by atoms with Crippen LogP contribution in [0, 0.1) is 0 Å². The molecule has 1 aromatic carbocycles. The molecule has 1 aromatic heterocycles. The highest BCUT2D eigenvalue weighted by Crippen LogP contribution is 2.21. The van der Waals surface area contributed by atoms with Crippen molar-refractivity contribution in [1.82, 2.24) is 9.78 Å². The Morgan fingerprint density at radius 1 is 1.33 bits per heavy atom. The molecule has 0 unspecified atom stereocenters. The van der Waals surface area contributed by atoms with E-state index in [0.29, 0.717) is 12.5 Å². The summed E-state index contributed by atoms with van der Waals surface area (Å²) >= 11 is 0. The summed E-state index contributed by atoms with van der Waals surface area (Å²) in [6.45, 7) is 4.38. The van der Waals surface area contributed by atoms with Crippen LogP contribution in [0.25, 0.3) is 10.9 Å². The standard InChI is InChI=1S/C12H16N2O/c1-9(2)14-12(7-8-15)10-5-3-4-6-11(10)13-14/h3-6,9,15H,7-8H2,1-2H3. The van der Waals surface area contributed by atoms with Gasteiger partial charge in [0.15, 0.2) is 0 Å². The lowest BCUT2D eigenvalue weighted by molar-refractivity contribution is 0.294. The Morgan fingerprint density at radius 3 is 2.73 bits per heavy atom. The first-order valence-corrected chi connectivity index (χ1v) is 5.31. The van der Waals surface area contributed by atoms with Gasteiger partial charge in [-0.15, -0.1) is 0 Å². The number of benzene rings is 1. The molecule has 0 aliphatic carbocycles. The lowest BCUT2D eigenvalue weighted by Crippen LogP contribution is -2.08. The predicted molar refractivity (Wildman–Crippen MR) is 60.9 cm³/mol. The van der Waals surface area contributed by atoms with Gasteiger partial charge >= 0.3 is 0 Å². The molecule has 0 aliphatic rings. The van der Waals surface area contributed by atoms with E-state index in [1.165, 1.54) is 0 Å². The monoisotopic (exact) mass is 204 g/mol. The van der Waals surface area contributed by atoms with Crippen molar-refractivity contribution in [2.75, 3.05) is 6.61 Å². The predicted octanol–water partition coefficient (Wildman–Crippen LogP) is 2.15. The largest absolute Gasteiger partial charge is 0.396 e. The van der Waals surface area contributed by atoms with Gasteiger partial charge in [0.25, 0.3) is 0 Å². The first-order valence-electron chi connectivity index (χ1n) is 5.31. The van der Waals surface area contributed by atoms with Crippen molar-refractivity contribution in [3.05, 3.63) is 30.0 Å². The Hall–Kier alpha value is -1.35. The lowest BCUT2D eigenvalue weighted by atomic mass is 10.1. The average molecular weight is 204 g/mol. The zero-order valence-corrected chi connectivity index (χ0v) is 9.14. The van der Waals surface area contributed by atoms with Crippen LogP contribution in [0.1, 0.15) is 25.6 Å². The second kappa shape index (κ2) is 4.03. The third kappa shape index (κ3) is 1.75. The van der Waals surface area contributed by atoms with Crippen molar-refractivity contribution >= 4 is 10.9 Å². The normalized spacial score (nSPS) is 11.5. The fourth-order valence-corrected chi connectivity index (χ4v) is 1.89. The number of hydrogen-bond acceptors (Lipinski definition) is 2. The maximum atomic E-state index is 9.06. The highest BCUT2D eigenvalue weighted by atomic mass is 16.3. The van der Waals surface area contributed by atoms with E-state index < -0.39 is 0 Å². The van der Waals surface area contributed by atoms with Crippen LogP contribution in [0.3, 0.4) is 0 Å². The summed E-state index contributed by atoms with van der Waals surface area (Å²) in [4.78, 5) is 0. The van der Waals surface area contributed by atoms with E-state index in [4.69, 9.17) is 5.11 Å². The van der Waals surface area contributed by atoms with E-state index >= 15 is 0 Å². The van der Waals surface area contributed by atoms with Crippen LogP contribution in [-0.2, 0) is 6.42 Å². The number of aliphatic hydroxyl groups excluding tert-OH is 1. The number of fused-ring (bicyclic) bond motifs is 1. The molecule has 0 aliphatic heterocycles. The van der Waals surface area contributed by atoms with E-state index in [1.807, 2.05) is 22.9 Å². The highest BCUT2D eigenvalue weighted by molar-refractivity contribution is 5.81. The summed E-state index contributed by atoms with van der Waals surface area (Å²) in [5.74, 6) is 0. The van der Waals surface area contributed by atoms with Gasteiger partial charge in [0.1, 0.15) is 0 Å². The van der Waals surface area contributed by atoms with Crippen LogP contribution in [0.15, 0.2) is 24.3 Å². The first-order chi connectivity index (χ1) is 7.24. The van der Waals surface area contributed by atoms with Crippen LogP contribution in [0.5, 0.6) is 0 Å². The van der Waals surface area contributed by atoms with E-state index in [2.05, 4.69) is 25.0 Å². The van der Waals surface area contributed by atoms with Crippen molar-refractivity contribution in [2.24, 2.45) is 0 Å². The molecule has 3 heteroatoms. The van der Waals surface area contributed by atoms with E-state index in [9.17, 15) is 0 Å². The SMILES string of the molecule is CC(C)n1nc2ccccc2c1CCO. The van der Waals surface area contributed by atoms with Crippen molar-refractivity contribution < 1.29 is 5.11 Å². The van der Waals surface area contributed by atoms with Gasteiger partial charge in [-0.2, -0.15) is 5.10 Å². The summed E-state index contributed by atoms with van der Waals surface area (Å²) in [5, 5.41) is 14.8. The molecule has 3 nitrogen and oxygen atoms in total. The van der Waals surface area contributed by atoms with Gasteiger partial charge in [-0.1, -0.05) is 18.2 Å². The quantitative estimate of drug-likeness (QED) is 0.832. The number of hydrogen-bond donors (Lipinski definition) is 1. The fraction of sp³-hybridized carbons (Fsp3) is 0.417. The lowest BCUT2D eigenvalue weighted by Gasteiger charge is -2.09. The minimum Gasteiger partial charge on any atom is -0.396 e. The highest BCUT2D eigenvalue weighted by Gasteiger charge is 2.11. The molecule has 1 N–H and O–H groups in total. The maximum absolute atomic E-state index is 9.06. The summed E-state index contributed by atoms with van der Waals surface area (Å²) in [7, 11) is 0. The second-order valence-corrected chi connectivity index (χ2v) is 3.98. The molecule has 2 rings (SSSR count). The minimum absolute atomic E-state index is 0.169. The molecule has 0 saturated heterocycles. The molecule has 0 radical (unpaired) electrons. The second-order valence-electron chi connectivity index (χ2n) is 3.98. The van der Waals surface area contributed by atoms with E-state index in [-0.39, 0.29) is 6.61 Å². The molecule has 15 heavy (non-hydrogen) atoms. The molecule has 1 heterocycles. The van der Waals surface area contributed by atoms with Crippen molar-refractivity contribution in [2.45, 2.75) is 26.3 Å². The van der Waals surface area contributed by atoms with Gasteiger partial charge in [-0.3, -0.25) is 4.68 Å². The molecule has 0 bridgehead atoms. The fourth-order valence-electron chi connectivity index (χ4n) is 1.89. The van der Waals surface area contributed by atoms with Crippen LogP contribution in [0.2, 0.25) is 0 Å². The molecule has 80 valence electrons. The van der Waals surface area contributed by atoms with E-state index in [0.717, 1.165) is 16.6 Å². The van der Waals surface area contributed by atoms with Crippen LogP contribution >= 0.6 is 0 Å². The Balaban J connectivity index is 2.63. The zero-order valence-electron chi connectivity index (χ0n) is 9.14. The Bertz CT molecular complexity index is 460. The summed E-state index contributed by atoms with van der Waals surface area (Å²) in [6, 6.07) is 8.40. The third-order valence-electron chi connectivity index (χ3n) is 2.54. The van der Waals surface area contributed by atoms with Gasteiger partial charge in [-0.25, -0.2) is 0 Å². The first kappa shape index (κ1) is 10.2. The maximum Gasteiger partial charge on any atom is 0.0926 e. The summed E-state index contributed by atoms with van der Waals surface area (Å²) < 4.78 is 2.00. The minimum atomic E-state index is 0.169. The topological polar surface area (TPSA) is 38.0 Å². The molecular weight excluding hydrogens is 188 g/mol. The van der Waals surface area contributed by atoms with Crippen molar-refractivity contribution in [1.29, 1.82) is 0 Å². The summed E-state index contributed by atoms with van der Waals surface area (Å²) in [5.41, 5.74) is 2.14. The van der Waals surface area contributed by atoms with Gasteiger partial charge in [-0.05, 0) is 19.9 Å². The molecule has 2 aromatic rings. The Morgan fingerprint density at radius 2 is 2.07 bits per heavy atom. The van der Waals surface area contributed by atoms with Gasteiger partial charge in [0.2, 0.25) is 0 Å². The van der Waals surface area contributed by atoms with Gasteiger partial charge in [0, 0.05) is 30.1 Å². The number of aromatic nitrogens is 2. The molecular formula is C12H16N2O. The number of rotatable bonds is 3. The molecule has 0 amide bonds. The average Bonchev–Trinajstić information content (AvgIpc) is 2.58. The van der Waals surface area contributed by atoms with E-state index in [1.54, 1.807) is 0 Å². The summed E-state index contributed by atoms with van der Waals surface area (Å²) in [6.07, 6.45) is 0.665. The molecule has 0 saturated carbocycles. The zero-order chi connectivity index (χ0) is 10.8. The number of nitrogens with zero attached hydrogens (tertiary/aromatic N) is 2. The van der Waals surface area contributed by atoms with Crippen LogP contribution in [0.4, 0.5) is 0 Å². The van der Waals surface area contributed by atoms with Gasteiger partial charge < -0.3 is 5.11 Å².